The second-order valence-electron chi connectivity index (χ2n) is 7.06. The molecule has 1 aromatic carbocycles. The molecule has 0 spiro atoms. The fourth-order valence-corrected chi connectivity index (χ4v) is 3.91. The lowest BCUT2D eigenvalue weighted by atomic mass is 9.86. The lowest BCUT2D eigenvalue weighted by Gasteiger charge is -2.22. The molecule has 5 rings (SSSR count). The Morgan fingerprint density at radius 2 is 1.90 bits per heavy atom. The molecule has 0 bridgehead atoms. The quantitative estimate of drug-likeness (QED) is 0.519. The first-order chi connectivity index (χ1) is 14.3. The molecule has 5 heteroatoms. The van der Waals surface area contributed by atoms with Crippen LogP contribution in [0.3, 0.4) is 0 Å². The second-order valence-corrected chi connectivity index (χ2v) is 7.06. The molecule has 0 atom stereocenters. The van der Waals surface area contributed by atoms with Gasteiger partial charge in [-0.15, -0.1) is 0 Å². The summed E-state index contributed by atoms with van der Waals surface area (Å²) in [6.07, 6.45) is 9.73. The van der Waals surface area contributed by atoms with Crippen LogP contribution in [0.1, 0.15) is 40.2 Å². The molecule has 0 aliphatic heterocycles. The van der Waals surface area contributed by atoms with Gasteiger partial charge < -0.3 is 9.73 Å². The highest BCUT2D eigenvalue weighted by molar-refractivity contribution is 6.14. The Hall–Kier alpha value is -3.73. The van der Waals surface area contributed by atoms with Gasteiger partial charge in [0.2, 0.25) is 0 Å². The zero-order valence-corrected chi connectivity index (χ0v) is 15.8. The highest BCUT2D eigenvalue weighted by Crippen LogP contribution is 2.36. The molecule has 142 valence electrons. The van der Waals surface area contributed by atoms with Crippen molar-refractivity contribution >= 4 is 34.1 Å². The number of pyridine rings is 2. The number of hydrogen-bond donors (Lipinski definition) is 1. The SMILES string of the molecule is O=C(Nc1ccncc1)c1c2c(nc3ccccc13)C(=Cc1ccco1)CCC2. The Labute approximate surface area is 168 Å². The van der Waals surface area contributed by atoms with Gasteiger partial charge in [0.25, 0.3) is 5.91 Å². The predicted octanol–water partition coefficient (Wildman–Crippen LogP) is 5.35. The molecule has 0 saturated heterocycles. The number of fused-ring (bicyclic) bond motifs is 2. The minimum atomic E-state index is -0.120. The maximum absolute atomic E-state index is 13.3. The van der Waals surface area contributed by atoms with E-state index in [4.69, 9.17) is 9.40 Å². The number of allylic oxidation sites excluding steroid dienone is 1. The van der Waals surface area contributed by atoms with Crippen LogP contribution in [0, 0.1) is 0 Å². The van der Waals surface area contributed by atoms with E-state index in [9.17, 15) is 4.79 Å². The maximum atomic E-state index is 13.3. The summed E-state index contributed by atoms with van der Waals surface area (Å²) in [4.78, 5) is 22.3. The molecule has 1 amide bonds. The number of anilines is 1. The lowest BCUT2D eigenvalue weighted by molar-refractivity contribution is 0.102. The van der Waals surface area contributed by atoms with Gasteiger partial charge in [-0.3, -0.25) is 9.78 Å². The van der Waals surface area contributed by atoms with Crippen LogP contribution in [0.4, 0.5) is 5.69 Å². The normalized spacial score (nSPS) is 14.7. The average Bonchev–Trinajstić information content (AvgIpc) is 3.26. The van der Waals surface area contributed by atoms with E-state index in [1.54, 1.807) is 30.8 Å². The van der Waals surface area contributed by atoms with Crippen LogP contribution in [0.15, 0.2) is 71.6 Å². The van der Waals surface area contributed by atoms with Crippen molar-refractivity contribution in [3.8, 4) is 0 Å². The maximum Gasteiger partial charge on any atom is 0.256 e. The number of nitrogens with one attached hydrogen (secondary N) is 1. The third-order valence-corrected chi connectivity index (χ3v) is 5.20. The van der Waals surface area contributed by atoms with Gasteiger partial charge in [-0.05, 0) is 66.8 Å². The fraction of sp³-hybridized carbons (Fsp3) is 0.125. The molecule has 0 saturated carbocycles. The van der Waals surface area contributed by atoms with E-state index in [0.717, 1.165) is 58.4 Å². The Morgan fingerprint density at radius 1 is 1.03 bits per heavy atom. The van der Waals surface area contributed by atoms with Crippen molar-refractivity contribution in [2.24, 2.45) is 0 Å². The standard InChI is InChI=1S/C24H19N3O2/c28-24(26-17-10-12-25-13-11-17)22-19-7-1-2-9-21(19)27-23-16(5-3-8-20(22)23)15-18-6-4-14-29-18/h1-2,4,6-7,9-15H,3,5,8H2,(H,25,26,28). The van der Waals surface area contributed by atoms with Crippen molar-refractivity contribution in [1.82, 2.24) is 9.97 Å². The Balaban J connectivity index is 1.68. The van der Waals surface area contributed by atoms with Crippen LogP contribution < -0.4 is 5.32 Å². The number of carbonyl (C=O) groups is 1. The topological polar surface area (TPSA) is 68.0 Å². The van der Waals surface area contributed by atoms with Gasteiger partial charge in [-0.2, -0.15) is 0 Å². The minimum absolute atomic E-state index is 0.120. The van der Waals surface area contributed by atoms with E-state index in [1.807, 2.05) is 42.5 Å². The molecule has 0 fully saturated rings. The zero-order chi connectivity index (χ0) is 19.6. The van der Waals surface area contributed by atoms with Crippen molar-refractivity contribution in [2.45, 2.75) is 19.3 Å². The van der Waals surface area contributed by atoms with E-state index in [2.05, 4.69) is 10.3 Å². The number of hydrogen-bond acceptors (Lipinski definition) is 4. The average molecular weight is 381 g/mol. The van der Waals surface area contributed by atoms with E-state index < -0.39 is 0 Å². The number of benzene rings is 1. The van der Waals surface area contributed by atoms with Crippen molar-refractivity contribution in [3.63, 3.8) is 0 Å². The summed E-state index contributed by atoms with van der Waals surface area (Å²) in [6.45, 7) is 0. The van der Waals surface area contributed by atoms with Crippen LogP contribution in [-0.2, 0) is 6.42 Å². The number of amides is 1. The van der Waals surface area contributed by atoms with E-state index in [0.29, 0.717) is 5.56 Å². The van der Waals surface area contributed by atoms with Gasteiger partial charge in [-0.25, -0.2) is 4.98 Å². The monoisotopic (exact) mass is 381 g/mol. The summed E-state index contributed by atoms with van der Waals surface area (Å²) in [6, 6.07) is 15.2. The Kier molecular flexibility index (Phi) is 4.41. The van der Waals surface area contributed by atoms with Crippen LogP contribution >= 0.6 is 0 Å². The van der Waals surface area contributed by atoms with Gasteiger partial charge in [0, 0.05) is 23.5 Å². The van der Waals surface area contributed by atoms with Crippen LogP contribution in [-0.4, -0.2) is 15.9 Å². The first-order valence-electron chi connectivity index (χ1n) is 9.67. The van der Waals surface area contributed by atoms with Crippen LogP contribution in [0.25, 0.3) is 22.6 Å². The smallest absolute Gasteiger partial charge is 0.256 e. The van der Waals surface area contributed by atoms with Gasteiger partial charge in [0.05, 0.1) is 23.0 Å². The number of rotatable bonds is 3. The van der Waals surface area contributed by atoms with Crippen molar-refractivity contribution in [3.05, 3.63) is 89.8 Å². The van der Waals surface area contributed by atoms with Crippen molar-refractivity contribution in [1.29, 1.82) is 0 Å². The number of para-hydroxylation sites is 1. The van der Waals surface area contributed by atoms with Crippen LogP contribution in [0.5, 0.6) is 0 Å². The van der Waals surface area contributed by atoms with E-state index in [-0.39, 0.29) is 5.91 Å². The number of furan rings is 1. The second kappa shape index (κ2) is 7.36. The molecule has 3 aromatic heterocycles. The molecule has 5 nitrogen and oxygen atoms in total. The van der Waals surface area contributed by atoms with Gasteiger partial charge in [0.15, 0.2) is 0 Å². The zero-order valence-electron chi connectivity index (χ0n) is 15.8. The summed E-state index contributed by atoms with van der Waals surface area (Å²) in [7, 11) is 0. The van der Waals surface area contributed by atoms with Gasteiger partial charge in [-0.1, -0.05) is 18.2 Å². The van der Waals surface area contributed by atoms with E-state index >= 15 is 0 Å². The van der Waals surface area contributed by atoms with Crippen molar-refractivity contribution < 1.29 is 9.21 Å². The molecule has 3 heterocycles. The minimum Gasteiger partial charge on any atom is -0.465 e. The summed E-state index contributed by atoms with van der Waals surface area (Å²) < 4.78 is 5.51. The lowest BCUT2D eigenvalue weighted by Crippen LogP contribution is -2.18. The summed E-state index contributed by atoms with van der Waals surface area (Å²) in [5, 5.41) is 3.89. The summed E-state index contributed by atoms with van der Waals surface area (Å²) in [5.41, 5.74) is 5.24. The molecule has 1 N–H and O–H groups in total. The van der Waals surface area contributed by atoms with Crippen LogP contribution in [0.2, 0.25) is 0 Å². The number of carbonyl (C=O) groups excluding carboxylic acids is 1. The third kappa shape index (κ3) is 3.31. The van der Waals surface area contributed by atoms with Crippen molar-refractivity contribution in [2.75, 3.05) is 5.32 Å². The summed E-state index contributed by atoms with van der Waals surface area (Å²) >= 11 is 0. The first-order valence-corrected chi connectivity index (χ1v) is 9.67. The Morgan fingerprint density at radius 3 is 2.72 bits per heavy atom. The molecular formula is C24H19N3O2. The molecule has 29 heavy (non-hydrogen) atoms. The largest absolute Gasteiger partial charge is 0.465 e. The molecular weight excluding hydrogens is 362 g/mol. The fourth-order valence-electron chi connectivity index (χ4n) is 3.91. The highest BCUT2D eigenvalue weighted by Gasteiger charge is 2.25. The number of nitrogens with zero attached hydrogens (tertiary/aromatic N) is 2. The molecule has 1 aliphatic carbocycles. The van der Waals surface area contributed by atoms with E-state index in [1.165, 1.54) is 0 Å². The molecule has 0 radical (unpaired) electrons. The highest BCUT2D eigenvalue weighted by atomic mass is 16.3. The third-order valence-electron chi connectivity index (χ3n) is 5.20. The first kappa shape index (κ1) is 17.4. The Bertz CT molecular complexity index is 1210. The predicted molar refractivity (Wildman–Crippen MR) is 113 cm³/mol. The molecule has 4 aromatic rings. The molecule has 0 unspecified atom stereocenters. The number of aromatic nitrogens is 2. The summed E-state index contributed by atoms with van der Waals surface area (Å²) in [5.74, 6) is 0.677. The molecule has 1 aliphatic rings. The van der Waals surface area contributed by atoms with Gasteiger partial charge >= 0.3 is 0 Å². The van der Waals surface area contributed by atoms with Gasteiger partial charge in [0.1, 0.15) is 5.76 Å².